The van der Waals surface area contributed by atoms with Crippen LogP contribution in [-0.4, -0.2) is 56.7 Å². The van der Waals surface area contributed by atoms with E-state index < -0.39 is 11.9 Å². The molecule has 2 aromatic heterocycles. The first-order valence-electron chi connectivity index (χ1n) is 13.7. The Labute approximate surface area is 216 Å². The molecule has 3 N–H and O–H groups in total. The van der Waals surface area contributed by atoms with Crippen LogP contribution in [0.2, 0.25) is 0 Å². The van der Waals surface area contributed by atoms with Gasteiger partial charge in [-0.1, -0.05) is 12.8 Å². The molecule has 0 atom stereocenters. The zero-order valence-electron chi connectivity index (χ0n) is 21.2. The number of anilines is 3. The van der Waals surface area contributed by atoms with Crippen molar-refractivity contribution >= 4 is 17.5 Å². The van der Waals surface area contributed by atoms with Crippen LogP contribution >= 0.6 is 0 Å². The van der Waals surface area contributed by atoms with Gasteiger partial charge in [-0.05, 0) is 88.4 Å². The van der Waals surface area contributed by atoms with Crippen LogP contribution < -0.4 is 10.6 Å². The van der Waals surface area contributed by atoms with E-state index in [9.17, 15) is 18.3 Å². The highest BCUT2D eigenvalue weighted by Crippen LogP contribution is 2.36. The van der Waals surface area contributed by atoms with Gasteiger partial charge in [-0.15, -0.1) is 0 Å². The summed E-state index contributed by atoms with van der Waals surface area (Å²) in [5.41, 5.74) is 0.350. The fourth-order valence-electron chi connectivity index (χ4n) is 6.06. The molecule has 37 heavy (non-hydrogen) atoms. The van der Waals surface area contributed by atoms with Gasteiger partial charge in [0.15, 0.2) is 0 Å². The Hall–Kier alpha value is -2.46. The predicted molar refractivity (Wildman–Crippen MR) is 137 cm³/mol. The van der Waals surface area contributed by atoms with Crippen LogP contribution in [0, 0.1) is 5.92 Å². The summed E-state index contributed by atoms with van der Waals surface area (Å²) in [5.74, 6) is 2.18. The van der Waals surface area contributed by atoms with E-state index in [1.54, 1.807) is 0 Å². The van der Waals surface area contributed by atoms with Crippen molar-refractivity contribution in [2.24, 2.45) is 5.92 Å². The molecule has 0 unspecified atom stereocenters. The minimum atomic E-state index is -4.52. The van der Waals surface area contributed by atoms with E-state index in [1.165, 1.54) is 38.3 Å². The number of nitrogens with one attached hydrogen (secondary N) is 2. The average Bonchev–Trinajstić information content (AvgIpc) is 3.39. The Kier molecular flexibility index (Phi) is 8.14. The summed E-state index contributed by atoms with van der Waals surface area (Å²) in [4.78, 5) is 15.3. The maximum Gasteiger partial charge on any atom is 0.433 e. The molecule has 0 amide bonds. The number of hydrogen-bond acceptors (Lipinski definition) is 7. The number of likely N-dealkylation sites (tertiary alicyclic amines) is 1. The fraction of sp³-hybridized carbons (Fsp3) is 0.667. The summed E-state index contributed by atoms with van der Waals surface area (Å²) in [5, 5.41) is 16.4. The van der Waals surface area contributed by atoms with E-state index >= 15 is 0 Å². The Bertz CT molecular complexity index is 1030. The van der Waals surface area contributed by atoms with E-state index in [-0.39, 0.29) is 23.8 Å². The summed E-state index contributed by atoms with van der Waals surface area (Å²) in [6, 6.07) is 2.64. The molecule has 0 bridgehead atoms. The van der Waals surface area contributed by atoms with Gasteiger partial charge in [-0.2, -0.15) is 18.2 Å². The van der Waals surface area contributed by atoms with Crippen LogP contribution in [0.3, 0.4) is 0 Å². The molecule has 1 aliphatic heterocycles. The van der Waals surface area contributed by atoms with Crippen molar-refractivity contribution in [1.82, 2.24) is 19.9 Å². The van der Waals surface area contributed by atoms with E-state index in [1.807, 2.05) is 6.20 Å². The van der Waals surface area contributed by atoms with Crippen molar-refractivity contribution < 1.29 is 18.3 Å². The van der Waals surface area contributed by atoms with Crippen LogP contribution in [-0.2, 0) is 6.18 Å². The summed E-state index contributed by atoms with van der Waals surface area (Å²) in [6.07, 6.45) is 8.92. The number of hydrogen-bond donors (Lipinski definition) is 3. The van der Waals surface area contributed by atoms with E-state index in [0.29, 0.717) is 5.92 Å². The molecule has 3 aliphatic rings. The van der Waals surface area contributed by atoms with Crippen LogP contribution in [0.4, 0.5) is 30.6 Å². The number of rotatable bonds is 7. The lowest BCUT2D eigenvalue weighted by Gasteiger charge is -2.34. The molecular weight excluding hydrogens is 481 g/mol. The minimum Gasteiger partial charge on any atom is -0.393 e. The number of aliphatic hydroxyl groups is 1. The van der Waals surface area contributed by atoms with Gasteiger partial charge in [0.25, 0.3) is 0 Å². The standard InChI is InChI=1S/C27H37F3N6O/c28-27(29,30)24-15-21(9-12-31-24)34-26-32-16-23(25(35-26)33-20-5-7-22(37)8-6-20)19-10-13-36(14-11-19)17-18-3-1-2-4-18/h9,12,15-16,18-20,22,37H,1-8,10-11,13-14,17H2,(H2,31,32,33,34,35). The Morgan fingerprint density at radius 1 is 0.973 bits per heavy atom. The minimum absolute atomic E-state index is 0.199. The summed E-state index contributed by atoms with van der Waals surface area (Å²) >= 11 is 0. The molecule has 202 valence electrons. The van der Waals surface area contributed by atoms with Crippen LogP contribution in [0.5, 0.6) is 0 Å². The molecule has 1 saturated heterocycles. The normalized spacial score (nSPS) is 24.3. The van der Waals surface area contributed by atoms with E-state index in [4.69, 9.17) is 4.98 Å². The summed E-state index contributed by atoms with van der Waals surface area (Å²) in [6.45, 7) is 3.33. The van der Waals surface area contributed by atoms with Crippen LogP contribution in [0.15, 0.2) is 24.5 Å². The quantitative estimate of drug-likeness (QED) is 0.432. The maximum absolute atomic E-state index is 13.1. The summed E-state index contributed by atoms with van der Waals surface area (Å²) in [7, 11) is 0. The lowest BCUT2D eigenvalue weighted by molar-refractivity contribution is -0.141. The van der Waals surface area contributed by atoms with Gasteiger partial charge in [0.2, 0.25) is 5.95 Å². The molecule has 2 saturated carbocycles. The smallest absolute Gasteiger partial charge is 0.393 e. The third kappa shape index (κ3) is 6.90. The molecular formula is C27H37F3N6O. The first kappa shape index (κ1) is 26.2. The molecule has 0 aromatic carbocycles. The van der Waals surface area contributed by atoms with Gasteiger partial charge in [0.05, 0.1) is 6.10 Å². The first-order valence-corrected chi connectivity index (χ1v) is 13.7. The summed E-state index contributed by atoms with van der Waals surface area (Å²) < 4.78 is 39.3. The molecule has 5 rings (SSSR count). The second-order valence-corrected chi connectivity index (χ2v) is 10.9. The molecule has 0 radical (unpaired) electrons. The topological polar surface area (TPSA) is 86.2 Å². The molecule has 3 fully saturated rings. The molecule has 0 spiro atoms. The maximum atomic E-state index is 13.1. The van der Waals surface area contributed by atoms with Gasteiger partial charge in [-0.3, -0.25) is 4.98 Å². The number of aromatic nitrogens is 3. The van der Waals surface area contributed by atoms with Crippen molar-refractivity contribution in [3.8, 4) is 0 Å². The second kappa shape index (κ2) is 11.5. The number of pyridine rings is 1. The monoisotopic (exact) mass is 518 g/mol. The average molecular weight is 519 g/mol. The molecule has 10 heteroatoms. The van der Waals surface area contributed by atoms with Gasteiger partial charge in [0, 0.05) is 36.2 Å². The fourth-order valence-corrected chi connectivity index (χ4v) is 6.06. The van der Waals surface area contributed by atoms with Gasteiger partial charge >= 0.3 is 6.18 Å². The Balaban J connectivity index is 1.31. The molecule has 2 aromatic rings. The number of halogens is 3. The zero-order chi connectivity index (χ0) is 25.8. The predicted octanol–water partition coefficient (Wildman–Crippen LogP) is 5.72. The largest absolute Gasteiger partial charge is 0.433 e. The number of aliphatic hydroxyl groups excluding tert-OH is 1. The molecule has 3 heterocycles. The highest BCUT2D eigenvalue weighted by Gasteiger charge is 2.33. The third-order valence-corrected chi connectivity index (χ3v) is 8.18. The van der Waals surface area contributed by atoms with Crippen LogP contribution in [0.25, 0.3) is 0 Å². The number of piperidine rings is 1. The van der Waals surface area contributed by atoms with Gasteiger partial charge in [0.1, 0.15) is 11.5 Å². The van der Waals surface area contributed by atoms with Crippen molar-refractivity contribution in [2.45, 2.75) is 88.4 Å². The first-order chi connectivity index (χ1) is 17.8. The highest BCUT2D eigenvalue weighted by molar-refractivity contribution is 5.57. The van der Waals surface area contributed by atoms with Gasteiger partial charge < -0.3 is 20.6 Å². The number of alkyl halides is 3. The van der Waals surface area contributed by atoms with Crippen molar-refractivity contribution in [2.75, 3.05) is 30.3 Å². The van der Waals surface area contributed by atoms with Crippen molar-refractivity contribution in [3.05, 3.63) is 35.8 Å². The zero-order valence-corrected chi connectivity index (χ0v) is 21.2. The van der Waals surface area contributed by atoms with Gasteiger partial charge in [-0.25, -0.2) is 4.98 Å². The lowest BCUT2D eigenvalue weighted by Crippen LogP contribution is -2.36. The van der Waals surface area contributed by atoms with Crippen molar-refractivity contribution in [1.29, 1.82) is 0 Å². The second-order valence-electron chi connectivity index (χ2n) is 10.9. The lowest BCUT2D eigenvalue weighted by atomic mass is 9.89. The highest BCUT2D eigenvalue weighted by atomic mass is 19.4. The Morgan fingerprint density at radius 2 is 1.70 bits per heavy atom. The Morgan fingerprint density at radius 3 is 2.41 bits per heavy atom. The van der Waals surface area contributed by atoms with Crippen molar-refractivity contribution in [3.63, 3.8) is 0 Å². The number of nitrogens with zero attached hydrogens (tertiary/aromatic N) is 4. The SMILES string of the molecule is OC1CCC(Nc2nc(Nc3ccnc(C(F)(F)F)c3)ncc2C2CCN(CC3CCCC3)CC2)CC1. The van der Waals surface area contributed by atoms with E-state index in [2.05, 4.69) is 25.5 Å². The molecule has 2 aliphatic carbocycles. The third-order valence-electron chi connectivity index (χ3n) is 8.18. The van der Waals surface area contributed by atoms with E-state index in [0.717, 1.165) is 81.2 Å². The molecule has 7 nitrogen and oxygen atoms in total. The van der Waals surface area contributed by atoms with Crippen LogP contribution in [0.1, 0.15) is 81.4 Å².